The lowest BCUT2D eigenvalue weighted by Crippen LogP contribution is -2.04. The molecule has 0 saturated carbocycles. The predicted octanol–water partition coefficient (Wildman–Crippen LogP) is 2.84. The summed E-state index contributed by atoms with van der Waals surface area (Å²) in [5.41, 5.74) is 3.19. The second-order valence-corrected chi connectivity index (χ2v) is 3.71. The monoisotopic (exact) mass is 227 g/mol. The number of carbonyl (C=O) groups is 1. The molecule has 3 heteroatoms. The van der Waals surface area contributed by atoms with E-state index in [1.54, 1.807) is 12.3 Å². The van der Waals surface area contributed by atoms with Crippen molar-refractivity contribution in [2.75, 3.05) is 7.11 Å². The van der Waals surface area contributed by atoms with Crippen LogP contribution in [0.1, 0.15) is 15.9 Å². The van der Waals surface area contributed by atoms with Gasteiger partial charge < -0.3 is 4.74 Å². The van der Waals surface area contributed by atoms with Gasteiger partial charge in [-0.1, -0.05) is 24.3 Å². The van der Waals surface area contributed by atoms with Crippen LogP contribution in [0.5, 0.6) is 0 Å². The summed E-state index contributed by atoms with van der Waals surface area (Å²) < 4.78 is 4.77. The van der Waals surface area contributed by atoms with E-state index in [-0.39, 0.29) is 5.97 Å². The maximum atomic E-state index is 11.7. The highest BCUT2D eigenvalue weighted by molar-refractivity contribution is 5.97. The second kappa shape index (κ2) is 4.78. The number of hydrogen-bond donors (Lipinski definition) is 0. The molecule has 86 valence electrons. The summed E-state index contributed by atoms with van der Waals surface area (Å²) in [7, 11) is 1.38. The number of esters is 1. The number of rotatable bonds is 2. The fourth-order valence-corrected chi connectivity index (χ4v) is 1.75. The average molecular weight is 227 g/mol. The van der Waals surface area contributed by atoms with Crippen LogP contribution in [0.25, 0.3) is 11.3 Å². The van der Waals surface area contributed by atoms with Gasteiger partial charge in [-0.15, -0.1) is 0 Å². The molecule has 0 radical (unpaired) electrons. The van der Waals surface area contributed by atoms with Gasteiger partial charge in [-0.05, 0) is 24.6 Å². The molecular formula is C14H13NO2. The van der Waals surface area contributed by atoms with Crippen molar-refractivity contribution in [2.24, 2.45) is 0 Å². The number of hydrogen-bond acceptors (Lipinski definition) is 3. The van der Waals surface area contributed by atoms with E-state index < -0.39 is 0 Å². The lowest BCUT2D eigenvalue weighted by Gasteiger charge is -2.09. The Kier molecular flexibility index (Phi) is 3.19. The number of methoxy groups -OCH3 is 1. The summed E-state index contributed by atoms with van der Waals surface area (Å²) in [6.07, 6.45) is 1.72. The lowest BCUT2D eigenvalue weighted by molar-refractivity contribution is 0.0601. The van der Waals surface area contributed by atoms with Crippen molar-refractivity contribution < 1.29 is 9.53 Å². The molecule has 0 aliphatic heterocycles. The fourth-order valence-electron chi connectivity index (χ4n) is 1.75. The topological polar surface area (TPSA) is 39.2 Å². The van der Waals surface area contributed by atoms with E-state index in [1.165, 1.54) is 7.11 Å². The third-order valence-corrected chi connectivity index (χ3v) is 2.60. The first kappa shape index (κ1) is 11.3. The molecule has 0 N–H and O–H groups in total. The van der Waals surface area contributed by atoms with E-state index in [4.69, 9.17) is 4.74 Å². The Hall–Kier alpha value is -2.16. The van der Waals surface area contributed by atoms with Gasteiger partial charge in [-0.25, -0.2) is 4.79 Å². The van der Waals surface area contributed by atoms with E-state index in [9.17, 15) is 4.79 Å². The van der Waals surface area contributed by atoms with Crippen LogP contribution in [0.15, 0.2) is 42.6 Å². The van der Waals surface area contributed by atoms with Crippen molar-refractivity contribution in [3.8, 4) is 11.3 Å². The van der Waals surface area contributed by atoms with Crippen LogP contribution in [0.3, 0.4) is 0 Å². The van der Waals surface area contributed by atoms with Gasteiger partial charge in [-0.3, -0.25) is 4.98 Å². The highest BCUT2D eigenvalue weighted by atomic mass is 16.5. The van der Waals surface area contributed by atoms with Gasteiger partial charge in [0.1, 0.15) is 0 Å². The molecule has 2 rings (SSSR count). The molecule has 1 aromatic carbocycles. The minimum Gasteiger partial charge on any atom is -0.465 e. The van der Waals surface area contributed by atoms with Gasteiger partial charge in [-0.2, -0.15) is 0 Å². The Labute approximate surface area is 100 Å². The van der Waals surface area contributed by atoms with E-state index in [2.05, 4.69) is 4.98 Å². The number of pyridine rings is 1. The van der Waals surface area contributed by atoms with Crippen LogP contribution >= 0.6 is 0 Å². The number of aromatic nitrogens is 1. The first-order valence-corrected chi connectivity index (χ1v) is 5.33. The highest BCUT2D eigenvalue weighted by Crippen LogP contribution is 2.24. The number of aryl methyl sites for hydroxylation is 1. The zero-order valence-electron chi connectivity index (χ0n) is 9.81. The molecule has 0 saturated heterocycles. The molecule has 0 unspecified atom stereocenters. The summed E-state index contributed by atoms with van der Waals surface area (Å²) in [4.78, 5) is 16.0. The van der Waals surface area contributed by atoms with Crippen molar-refractivity contribution in [3.63, 3.8) is 0 Å². The van der Waals surface area contributed by atoms with Gasteiger partial charge >= 0.3 is 5.97 Å². The molecule has 0 aliphatic carbocycles. The van der Waals surface area contributed by atoms with Crippen molar-refractivity contribution >= 4 is 5.97 Å². The molecule has 0 atom stereocenters. The minimum absolute atomic E-state index is 0.342. The Bertz CT molecular complexity index is 549. The van der Waals surface area contributed by atoms with Crippen molar-refractivity contribution in [2.45, 2.75) is 6.92 Å². The number of carbonyl (C=O) groups excluding carboxylic acids is 1. The summed E-state index contributed by atoms with van der Waals surface area (Å²) in [5, 5.41) is 0. The summed E-state index contributed by atoms with van der Waals surface area (Å²) in [6.45, 7) is 1.97. The SMILES string of the molecule is COC(=O)c1ccccc1-c1ncccc1C. The standard InChI is InChI=1S/C14H13NO2/c1-10-6-5-9-15-13(10)11-7-3-4-8-12(11)14(16)17-2/h3-9H,1-2H3. The Morgan fingerprint density at radius 3 is 2.65 bits per heavy atom. The van der Waals surface area contributed by atoms with Crippen molar-refractivity contribution in [1.29, 1.82) is 0 Å². The predicted molar refractivity (Wildman–Crippen MR) is 65.7 cm³/mol. The van der Waals surface area contributed by atoms with Gasteiger partial charge in [0.05, 0.1) is 18.4 Å². The molecule has 0 bridgehead atoms. The first-order valence-electron chi connectivity index (χ1n) is 5.33. The zero-order chi connectivity index (χ0) is 12.3. The fraction of sp³-hybridized carbons (Fsp3) is 0.143. The Morgan fingerprint density at radius 2 is 1.94 bits per heavy atom. The average Bonchev–Trinajstić information content (AvgIpc) is 2.38. The molecule has 2 aromatic rings. The quantitative estimate of drug-likeness (QED) is 0.740. The molecule has 0 aliphatic rings. The van der Waals surface area contributed by atoms with E-state index in [1.807, 2.05) is 37.3 Å². The number of ether oxygens (including phenoxy) is 1. The van der Waals surface area contributed by atoms with Crippen LogP contribution in [0.4, 0.5) is 0 Å². The van der Waals surface area contributed by atoms with Crippen molar-refractivity contribution in [1.82, 2.24) is 4.98 Å². The Balaban J connectivity index is 2.60. The van der Waals surface area contributed by atoms with E-state index in [0.717, 1.165) is 16.8 Å². The summed E-state index contributed by atoms with van der Waals surface area (Å²) in [5.74, 6) is -0.342. The van der Waals surface area contributed by atoms with Gasteiger partial charge in [0.2, 0.25) is 0 Å². The number of benzene rings is 1. The molecule has 0 fully saturated rings. The minimum atomic E-state index is -0.342. The summed E-state index contributed by atoms with van der Waals surface area (Å²) >= 11 is 0. The molecule has 0 spiro atoms. The maximum absolute atomic E-state index is 11.7. The number of nitrogens with zero attached hydrogens (tertiary/aromatic N) is 1. The van der Waals surface area contributed by atoms with Gasteiger partial charge in [0, 0.05) is 11.8 Å². The molecule has 1 heterocycles. The third-order valence-electron chi connectivity index (χ3n) is 2.60. The molecular weight excluding hydrogens is 214 g/mol. The largest absolute Gasteiger partial charge is 0.465 e. The normalized spacial score (nSPS) is 10.0. The van der Waals surface area contributed by atoms with Gasteiger partial charge in [0.15, 0.2) is 0 Å². The van der Waals surface area contributed by atoms with E-state index in [0.29, 0.717) is 5.56 Å². The molecule has 17 heavy (non-hydrogen) atoms. The van der Waals surface area contributed by atoms with Crippen LogP contribution in [0, 0.1) is 6.92 Å². The van der Waals surface area contributed by atoms with Crippen LogP contribution in [-0.2, 0) is 4.74 Å². The smallest absolute Gasteiger partial charge is 0.338 e. The first-order chi connectivity index (χ1) is 8.24. The van der Waals surface area contributed by atoms with E-state index >= 15 is 0 Å². The molecule has 0 amide bonds. The van der Waals surface area contributed by atoms with Crippen LogP contribution in [-0.4, -0.2) is 18.1 Å². The van der Waals surface area contributed by atoms with Crippen molar-refractivity contribution in [3.05, 3.63) is 53.7 Å². The van der Waals surface area contributed by atoms with Gasteiger partial charge in [0.25, 0.3) is 0 Å². The highest BCUT2D eigenvalue weighted by Gasteiger charge is 2.14. The lowest BCUT2D eigenvalue weighted by atomic mass is 10.0. The second-order valence-electron chi connectivity index (χ2n) is 3.71. The zero-order valence-corrected chi connectivity index (χ0v) is 9.81. The maximum Gasteiger partial charge on any atom is 0.338 e. The Morgan fingerprint density at radius 1 is 1.18 bits per heavy atom. The van der Waals surface area contributed by atoms with Crippen LogP contribution < -0.4 is 0 Å². The molecule has 3 nitrogen and oxygen atoms in total. The van der Waals surface area contributed by atoms with Crippen LogP contribution in [0.2, 0.25) is 0 Å². The molecule has 1 aromatic heterocycles. The third kappa shape index (κ3) is 2.18. The summed E-state index contributed by atoms with van der Waals surface area (Å²) in [6, 6.07) is 11.2.